The SMILES string of the molecule is CCCCCC(N)c1cccc(C=N)n1. The van der Waals surface area contributed by atoms with E-state index in [9.17, 15) is 0 Å². The number of hydrogen-bond donors (Lipinski definition) is 2. The van der Waals surface area contributed by atoms with Crippen molar-refractivity contribution in [1.29, 1.82) is 5.41 Å². The molecule has 3 nitrogen and oxygen atoms in total. The third kappa shape index (κ3) is 3.80. The molecular formula is C12H19N3. The van der Waals surface area contributed by atoms with Gasteiger partial charge in [-0.1, -0.05) is 32.3 Å². The zero-order valence-electron chi connectivity index (χ0n) is 9.24. The summed E-state index contributed by atoms with van der Waals surface area (Å²) in [4.78, 5) is 4.30. The Kier molecular flexibility index (Phi) is 4.98. The van der Waals surface area contributed by atoms with Gasteiger partial charge in [0, 0.05) is 12.3 Å². The molecule has 0 saturated heterocycles. The van der Waals surface area contributed by atoms with Crippen molar-refractivity contribution in [1.82, 2.24) is 4.98 Å². The van der Waals surface area contributed by atoms with Crippen LogP contribution in [-0.2, 0) is 0 Å². The summed E-state index contributed by atoms with van der Waals surface area (Å²) in [6.07, 6.45) is 5.80. The van der Waals surface area contributed by atoms with Gasteiger partial charge in [0.05, 0.1) is 11.4 Å². The molecule has 82 valence electrons. The van der Waals surface area contributed by atoms with Crippen LogP contribution in [0.5, 0.6) is 0 Å². The van der Waals surface area contributed by atoms with Crippen molar-refractivity contribution in [2.45, 2.75) is 38.6 Å². The van der Waals surface area contributed by atoms with Crippen LogP contribution in [0, 0.1) is 5.41 Å². The van der Waals surface area contributed by atoms with Gasteiger partial charge >= 0.3 is 0 Å². The molecule has 0 spiro atoms. The van der Waals surface area contributed by atoms with Crippen LogP contribution in [0.4, 0.5) is 0 Å². The number of hydrogen-bond acceptors (Lipinski definition) is 3. The lowest BCUT2D eigenvalue weighted by molar-refractivity contribution is 0.570. The van der Waals surface area contributed by atoms with Crippen molar-refractivity contribution >= 4 is 6.21 Å². The summed E-state index contributed by atoms with van der Waals surface area (Å²) >= 11 is 0. The lowest BCUT2D eigenvalue weighted by Crippen LogP contribution is -2.12. The maximum Gasteiger partial charge on any atom is 0.0809 e. The van der Waals surface area contributed by atoms with E-state index in [0.717, 1.165) is 18.5 Å². The summed E-state index contributed by atoms with van der Waals surface area (Å²) in [7, 11) is 0. The Hall–Kier alpha value is -1.22. The minimum atomic E-state index is 0.0106. The van der Waals surface area contributed by atoms with Crippen LogP contribution in [0.15, 0.2) is 18.2 Å². The minimum absolute atomic E-state index is 0.0106. The molecule has 1 atom stereocenters. The van der Waals surface area contributed by atoms with E-state index in [-0.39, 0.29) is 6.04 Å². The first kappa shape index (κ1) is 11.9. The molecule has 0 fully saturated rings. The fourth-order valence-electron chi connectivity index (χ4n) is 1.52. The first-order chi connectivity index (χ1) is 7.27. The van der Waals surface area contributed by atoms with Crippen LogP contribution in [0.2, 0.25) is 0 Å². The molecule has 0 amide bonds. The fourth-order valence-corrected chi connectivity index (χ4v) is 1.52. The Morgan fingerprint density at radius 2 is 2.27 bits per heavy atom. The molecule has 1 aromatic heterocycles. The van der Waals surface area contributed by atoms with Gasteiger partial charge in [-0.15, -0.1) is 0 Å². The highest BCUT2D eigenvalue weighted by Gasteiger charge is 2.06. The largest absolute Gasteiger partial charge is 0.323 e. The molecule has 3 N–H and O–H groups in total. The lowest BCUT2D eigenvalue weighted by atomic mass is 10.1. The standard InChI is InChI=1S/C12H19N3/c1-2-3-4-7-11(14)12-8-5-6-10(9-13)15-12/h5-6,8-9,11,13H,2-4,7,14H2,1H3. The minimum Gasteiger partial charge on any atom is -0.323 e. The van der Waals surface area contributed by atoms with E-state index in [2.05, 4.69) is 11.9 Å². The second kappa shape index (κ2) is 6.30. The number of unbranched alkanes of at least 4 members (excludes halogenated alkanes) is 2. The smallest absolute Gasteiger partial charge is 0.0809 e. The van der Waals surface area contributed by atoms with Gasteiger partial charge in [0.25, 0.3) is 0 Å². The van der Waals surface area contributed by atoms with Crippen LogP contribution in [0.3, 0.4) is 0 Å². The fraction of sp³-hybridized carbons (Fsp3) is 0.500. The van der Waals surface area contributed by atoms with Gasteiger partial charge in [-0.3, -0.25) is 4.98 Å². The molecule has 0 bridgehead atoms. The molecule has 0 aliphatic heterocycles. The maximum absolute atomic E-state index is 7.12. The number of nitrogens with one attached hydrogen (secondary N) is 1. The van der Waals surface area contributed by atoms with Gasteiger partial charge in [-0.2, -0.15) is 0 Å². The third-order valence-electron chi connectivity index (χ3n) is 2.44. The first-order valence-electron chi connectivity index (χ1n) is 5.51. The Balaban J connectivity index is 2.56. The molecule has 0 aliphatic carbocycles. The van der Waals surface area contributed by atoms with Gasteiger partial charge < -0.3 is 11.1 Å². The van der Waals surface area contributed by atoms with E-state index in [1.54, 1.807) is 0 Å². The van der Waals surface area contributed by atoms with Crippen LogP contribution >= 0.6 is 0 Å². The molecule has 1 aromatic rings. The first-order valence-corrected chi connectivity index (χ1v) is 5.51. The predicted octanol–water partition coefficient (Wildman–Crippen LogP) is 2.66. The zero-order chi connectivity index (χ0) is 11.1. The Labute approximate surface area is 91.2 Å². The molecule has 1 heterocycles. The molecule has 3 heteroatoms. The van der Waals surface area contributed by atoms with Crippen molar-refractivity contribution in [3.05, 3.63) is 29.6 Å². The van der Waals surface area contributed by atoms with E-state index in [1.807, 2.05) is 18.2 Å². The van der Waals surface area contributed by atoms with E-state index in [1.165, 1.54) is 19.1 Å². The normalized spacial score (nSPS) is 12.4. The summed E-state index contributed by atoms with van der Waals surface area (Å²) < 4.78 is 0. The average Bonchev–Trinajstić information content (AvgIpc) is 2.29. The third-order valence-corrected chi connectivity index (χ3v) is 2.44. The molecule has 0 aromatic carbocycles. The van der Waals surface area contributed by atoms with E-state index < -0.39 is 0 Å². The van der Waals surface area contributed by atoms with Crippen molar-refractivity contribution in [2.24, 2.45) is 5.73 Å². The summed E-state index contributed by atoms with van der Waals surface area (Å²) in [5.74, 6) is 0. The second-order valence-electron chi connectivity index (χ2n) is 3.73. The molecule has 1 rings (SSSR count). The Morgan fingerprint density at radius 1 is 1.47 bits per heavy atom. The van der Waals surface area contributed by atoms with E-state index in [4.69, 9.17) is 11.1 Å². The molecule has 0 radical (unpaired) electrons. The van der Waals surface area contributed by atoms with Crippen molar-refractivity contribution < 1.29 is 0 Å². The maximum atomic E-state index is 7.12. The van der Waals surface area contributed by atoms with Gasteiger partial charge in [0.2, 0.25) is 0 Å². The highest BCUT2D eigenvalue weighted by Crippen LogP contribution is 2.15. The highest BCUT2D eigenvalue weighted by molar-refractivity contribution is 5.73. The summed E-state index contributed by atoms with van der Waals surface area (Å²) in [5, 5.41) is 7.12. The lowest BCUT2D eigenvalue weighted by Gasteiger charge is -2.10. The molecule has 15 heavy (non-hydrogen) atoms. The summed E-state index contributed by atoms with van der Waals surface area (Å²) in [6.45, 7) is 2.18. The molecule has 0 saturated carbocycles. The van der Waals surface area contributed by atoms with Gasteiger partial charge in [0.1, 0.15) is 0 Å². The van der Waals surface area contributed by atoms with E-state index in [0.29, 0.717) is 5.69 Å². The van der Waals surface area contributed by atoms with E-state index >= 15 is 0 Å². The molecular weight excluding hydrogens is 186 g/mol. The van der Waals surface area contributed by atoms with Crippen molar-refractivity contribution in [3.63, 3.8) is 0 Å². The number of pyridine rings is 1. The summed E-state index contributed by atoms with van der Waals surface area (Å²) in [5.41, 5.74) is 7.60. The van der Waals surface area contributed by atoms with Crippen LogP contribution in [0.1, 0.15) is 50.0 Å². The Morgan fingerprint density at radius 3 is 2.93 bits per heavy atom. The molecule has 0 aliphatic rings. The van der Waals surface area contributed by atoms with Crippen molar-refractivity contribution in [2.75, 3.05) is 0 Å². The van der Waals surface area contributed by atoms with Crippen molar-refractivity contribution in [3.8, 4) is 0 Å². The Bertz CT molecular complexity index is 309. The van der Waals surface area contributed by atoms with Crippen LogP contribution in [-0.4, -0.2) is 11.2 Å². The predicted molar refractivity (Wildman–Crippen MR) is 63.2 cm³/mol. The average molecular weight is 205 g/mol. The quantitative estimate of drug-likeness (QED) is 0.554. The monoisotopic (exact) mass is 205 g/mol. The number of nitrogens with zero attached hydrogens (tertiary/aromatic N) is 1. The summed E-state index contributed by atoms with van der Waals surface area (Å²) in [6, 6.07) is 5.66. The van der Waals surface area contributed by atoms with Gasteiger partial charge in [-0.05, 0) is 18.6 Å². The van der Waals surface area contributed by atoms with Crippen LogP contribution < -0.4 is 5.73 Å². The van der Waals surface area contributed by atoms with Gasteiger partial charge in [-0.25, -0.2) is 0 Å². The number of rotatable bonds is 6. The molecule has 1 unspecified atom stereocenters. The zero-order valence-corrected chi connectivity index (χ0v) is 9.24. The second-order valence-corrected chi connectivity index (χ2v) is 3.73. The van der Waals surface area contributed by atoms with Gasteiger partial charge in [0.15, 0.2) is 0 Å². The topological polar surface area (TPSA) is 62.8 Å². The van der Waals surface area contributed by atoms with Crippen LogP contribution in [0.25, 0.3) is 0 Å². The number of nitrogens with two attached hydrogens (primary N) is 1. The highest BCUT2D eigenvalue weighted by atomic mass is 14.8. The number of aromatic nitrogens is 1.